The van der Waals surface area contributed by atoms with Crippen LogP contribution >= 0.6 is 11.3 Å². The average molecular weight is 337 g/mol. The molecule has 2 saturated heterocycles. The quantitative estimate of drug-likeness (QED) is 0.841. The van der Waals surface area contributed by atoms with E-state index < -0.39 is 0 Å². The number of hydrogen-bond donors (Lipinski definition) is 0. The van der Waals surface area contributed by atoms with Gasteiger partial charge in [0.1, 0.15) is 0 Å². The number of likely N-dealkylation sites (N-methyl/N-ethyl adjacent to an activating group) is 1. The zero-order valence-corrected chi connectivity index (χ0v) is 15.1. The van der Waals surface area contributed by atoms with Crippen molar-refractivity contribution in [1.82, 2.24) is 19.7 Å². The molecule has 2 fully saturated rings. The lowest BCUT2D eigenvalue weighted by Crippen LogP contribution is -2.45. The van der Waals surface area contributed by atoms with Crippen molar-refractivity contribution in [1.29, 1.82) is 0 Å². The summed E-state index contributed by atoms with van der Waals surface area (Å²) < 4.78 is 0. The minimum Gasteiger partial charge on any atom is -0.340 e. The number of carbonyl (C=O) groups is 1. The molecule has 128 valence electrons. The van der Waals surface area contributed by atoms with Crippen LogP contribution < -0.4 is 0 Å². The highest BCUT2D eigenvalue weighted by Crippen LogP contribution is 2.19. The third kappa shape index (κ3) is 4.11. The lowest BCUT2D eigenvalue weighted by molar-refractivity contribution is -0.135. The Morgan fingerprint density at radius 2 is 2.13 bits per heavy atom. The van der Waals surface area contributed by atoms with E-state index in [-0.39, 0.29) is 6.04 Å². The molecule has 5 nitrogen and oxygen atoms in total. The lowest BCUT2D eigenvalue weighted by atomic mass is 10.2. The first-order chi connectivity index (χ1) is 11.2. The fraction of sp³-hybridized carbons (Fsp3) is 0.765. The first-order valence-electron chi connectivity index (χ1n) is 8.82. The number of thiazole rings is 1. The van der Waals surface area contributed by atoms with Gasteiger partial charge in [-0.15, -0.1) is 11.3 Å². The van der Waals surface area contributed by atoms with Gasteiger partial charge in [-0.25, -0.2) is 4.98 Å². The van der Waals surface area contributed by atoms with E-state index in [1.807, 2.05) is 0 Å². The number of likely N-dealkylation sites (tertiary alicyclic amines) is 1. The Bertz CT molecular complexity index is 532. The van der Waals surface area contributed by atoms with Crippen LogP contribution in [0.25, 0.3) is 0 Å². The van der Waals surface area contributed by atoms with Crippen molar-refractivity contribution in [2.75, 3.05) is 39.8 Å². The number of hydrogen-bond acceptors (Lipinski definition) is 5. The van der Waals surface area contributed by atoms with E-state index in [0.29, 0.717) is 5.91 Å². The normalized spacial score (nSPS) is 24.1. The number of aryl methyl sites for hydroxylation is 1. The van der Waals surface area contributed by atoms with Gasteiger partial charge in [-0.2, -0.15) is 0 Å². The van der Waals surface area contributed by atoms with E-state index in [0.717, 1.165) is 65.0 Å². The summed E-state index contributed by atoms with van der Waals surface area (Å²) in [5.41, 5.74) is 1.18. The Kier molecular flexibility index (Phi) is 5.67. The Balaban J connectivity index is 1.53. The highest BCUT2D eigenvalue weighted by Gasteiger charge is 2.32. The van der Waals surface area contributed by atoms with Gasteiger partial charge >= 0.3 is 0 Å². The van der Waals surface area contributed by atoms with Crippen molar-refractivity contribution in [3.05, 3.63) is 16.1 Å². The number of nitrogens with zero attached hydrogens (tertiary/aromatic N) is 4. The van der Waals surface area contributed by atoms with Crippen LogP contribution in [0.3, 0.4) is 0 Å². The van der Waals surface area contributed by atoms with Gasteiger partial charge in [0.15, 0.2) is 0 Å². The van der Waals surface area contributed by atoms with E-state index in [4.69, 9.17) is 0 Å². The maximum atomic E-state index is 12.7. The average Bonchev–Trinajstić information content (AvgIpc) is 3.11. The summed E-state index contributed by atoms with van der Waals surface area (Å²) in [7, 11) is 2.08. The van der Waals surface area contributed by atoms with Crippen molar-refractivity contribution < 1.29 is 4.79 Å². The van der Waals surface area contributed by atoms with E-state index in [1.54, 1.807) is 11.3 Å². The van der Waals surface area contributed by atoms with Crippen LogP contribution in [0.15, 0.2) is 5.38 Å². The molecule has 0 radical (unpaired) electrons. The molecule has 0 spiro atoms. The van der Waals surface area contributed by atoms with Crippen LogP contribution in [-0.4, -0.2) is 71.4 Å². The molecular formula is C17H28N4OS. The molecule has 0 aromatic carbocycles. The summed E-state index contributed by atoms with van der Waals surface area (Å²) in [4.78, 5) is 24.1. The molecule has 1 unspecified atom stereocenters. The van der Waals surface area contributed by atoms with Gasteiger partial charge in [-0.05, 0) is 39.3 Å². The van der Waals surface area contributed by atoms with Gasteiger partial charge in [0.25, 0.3) is 0 Å². The third-order valence-corrected chi connectivity index (χ3v) is 6.04. The maximum Gasteiger partial charge on any atom is 0.239 e. The zero-order chi connectivity index (χ0) is 16.2. The molecule has 6 heteroatoms. The molecule has 3 heterocycles. The van der Waals surface area contributed by atoms with E-state index >= 15 is 0 Å². The van der Waals surface area contributed by atoms with Gasteiger partial charge in [0, 0.05) is 38.1 Å². The number of carbonyl (C=O) groups excluding carboxylic acids is 1. The molecule has 0 aliphatic carbocycles. The molecule has 1 atom stereocenters. The molecule has 1 aromatic heterocycles. The first-order valence-corrected chi connectivity index (χ1v) is 9.70. The number of amides is 1. The van der Waals surface area contributed by atoms with Crippen molar-refractivity contribution in [3.63, 3.8) is 0 Å². The molecule has 1 amide bonds. The SMILES string of the molecule is CCc1nc(CN2CCCN(C(=O)C3CCCN3C)CC2)cs1. The van der Waals surface area contributed by atoms with Gasteiger partial charge in [-0.1, -0.05) is 6.92 Å². The molecule has 0 bridgehead atoms. The monoisotopic (exact) mass is 336 g/mol. The summed E-state index contributed by atoms with van der Waals surface area (Å²) in [5.74, 6) is 0.341. The molecule has 0 N–H and O–H groups in total. The van der Waals surface area contributed by atoms with Gasteiger partial charge < -0.3 is 4.90 Å². The second-order valence-electron chi connectivity index (χ2n) is 6.68. The van der Waals surface area contributed by atoms with Crippen LogP contribution in [0.1, 0.15) is 36.9 Å². The summed E-state index contributed by atoms with van der Waals surface area (Å²) >= 11 is 1.76. The maximum absolute atomic E-state index is 12.7. The van der Waals surface area contributed by atoms with Gasteiger partial charge in [0.05, 0.1) is 16.7 Å². The molecule has 23 heavy (non-hydrogen) atoms. The van der Waals surface area contributed by atoms with E-state index in [9.17, 15) is 4.79 Å². The highest BCUT2D eigenvalue weighted by atomic mass is 32.1. The molecule has 2 aliphatic heterocycles. The Morgan fingerprint density at radius 1 is 1.26 bits per heavy atom. The first kappa shape index (κ1) is 16.9. The number of aromatic nitrogens is 1. The van der Waals surface area contributed by atoms with Crippen LogP contribution in [-0.2, 0) is 17.8 Å². The Morgan fingerprint density at radius 3 is 2.83 bits per heavy atom. The smallest absolute Gasteiger partial charge is 0.239 e. The molecule has 0 saturated carbocycles. The van der Waals surface area contributed by atoms with Crippen LogP contribution in [0, 0.1) is 0 Å². The third-order valence-electron chi connectivity index (χ3n) is 4.99. The highest BCUT2D eigenvalue weighted by molar-refractivity contribution is 7.09. The second-order valence-corrected chi connectivity index (χ2v) is 7.62. The fourth-order valence-corrected chi connectivity index (χ4v) is 4.33. The largest absolute Gasteiger partial charge is 0.340 e. The minimum absolute atomic E-state index is 0.118. The van der Waals surface area contributed by atoms with Crippen molar-refractivity contribution >= 4 is 17.2 Å². The summed E-state index contributed by atoms with van der Waals surface area (Å²) in [5, 5.41) is 3.40. The molecule has 3 rings (SSSR count). The van der Waals surface area contributed by atoms with E-state index in [1.165, 1.54) is 10.7 Å². The van der Waals surface area contributed by atoms with Crippen molar-refractivity contribution in [2.24, 2.45) is 0 Å². The lowest BCUT2D eigenvalue weighted by Gasteiger charge is -2.27. The van der Waals surface area contributed by atoms with Crippen LogP contribution in [0.2, 0.25) is 0 Å². The summed E-state index contributed by atoms with van der Waals surface area (Å²) in [6.07, 6.45) is 4.25. The van der Waals surface area contributed by atoms with Crippen LogP contribution in [0.5, 0.6) is 0 Å². The summed E-state index contributed by atoms with van der Waals surface area (Å²) in [6.45, 7) is 7.90. The zero-order valence-electron chi connectivity index (χ0n) is 14.3. The number of rotatable bonds is 4. The molecular weight excluding hydrogens is 308 g/mol. The summed E-state index contributed by atoms with van der Waals surface area (Å²) in [6, 6.07) is 0.118. The Labute approximate surface area is 143 Å². The standard InChI is InChI=1S/C17H28N4OS/c1-3-16-18-14(13-23-16)12-20-8-5-9-21(11-10-20)17(22)15-6-4-7-19(15)2/h13,15H,3-12H2,1-2H3. The van der Waals surface area contributed by atoms with Crippen molar-refractivity contribution in [2.45, 2.75) is 45.2 Å². The predicted molar refractivity (Wildman–Crippen MR) is 93.6 cm³/mol. The fourth-order valence-electron chi connectivity index (χ4n) is 3.60. The second kappa shape index (κ2) is 7.73. The van der Waals surface area contributed by atoms with Gasteiger partial charge in [-0.3, -0.25) is 14.6 Å². The Hall–Kier alpha value is -0.980. The topological polar surface area (TPSA) is 39.7 Å². The van der Waals surface area contributed by atoms with E-state index in [2.05, 4.69) is 39.0 Å². The predicted octanol–water partition coefficient (Wildman–Crippen LogP) is 1.83. The van der Waals surface area contributed by atoms with Crippen molar-refractivity contribution in [3.8, 4) is 0 Å². The molecule has 1 aromatic rings. The van der Waals surface area contributed by atoms with Crippen LogP contribution in [0.4, 0.5) is 0 Å². The minimum atomic E-state index is 0.118. The molecule has 2 aliphatic rings. The van der Waals surface area contributed by atoms with Gasteiger partial charge in [0.2, 0.25) is 5.91 Å².